The van der Waals surface area contributed by atoms with Gasteiger partial charge in [0.15, 0.2) is 0 Å². The fraction of sp³-hybridized carbons (Fsp3) is 1.00. The topological polar surface area (TPSA) is 121 Å². The van der Waals surface area contributed by atoms with Crippen LogP contribution in [0.2, 0.25) is 0 Å². The fourth-order valence-corrected chi connectivity index (χ4v) is 3.17. The van der Waals surface area contributed by atoms with Crippen LogP contribution >= 0.6 is 0 Å². The second-order valence-electron chi connectivity index (χ2n) is 7.39. The molecule has 144 valence electrons. The van der Waals surface area contributed by atoms with Gasteiger partial charge in [0.1, 0.15) is 0 Å². The standard InChI is InChI=1S/3C6H12O2/c3*7-5-1-2-6(8)4-3-5/h3*5-8H,1-4H2. The summed E-state index contributed by atoms with van der Waals surface area (Å²) in [6.45, 7) is 0. The van der Waals surface area contributed by atoms with Gasteiger partial charge in [0.25, 0.3) is 0 Å². The molecule has 6 nitrogen and oxygen atoms in total. The molecule has 0 amide bonds. The summed E-state index contributed by atoms with van der Waals surface area (Å²) in [6, 6.07) is 0. The molecule has 3 aliphatic rings. The van der Waals surface area contributed by atoms with Crippen LogP contribution in [0.4, 0.5) is 0 Å². The number of aliphatic hydroxyl groups excluding tert-OH is 6. The van der Waals surface area contributed by atoms with Gasteiger partial charge in [0.2, 0.25) is 0 Å². The zero-order valence-corrected chi connectivity index (χ0v) is 14.6. The Labute approximate surface area is 145 Å². The van der Waals surface area contributed by atoms with Gasteiger partial charge in [-0.2, -0.15) is 0 Å². The van der Waals surface area contributed by atoms with Crippen LogP contribution in [0.15, 0.2) is 0 Å². The molecular weight excluding hydrogens is 312 g/mol. The molecule has 0 aromatic heterocycles. The molecule has 0 saturated heterocycles. The second kappa shape index (κ2) is 12.2. The zero-order valence-electron chi connectivity index (χ0n) is 14.6. The van der Waals surface area contributed by atoms with E-state index in [1.165, 1.54) is 0 Å². The molecule has 3 saturated carbocycles. The molecule has 3 fully saturated rings. The molecule has 0 aromatic rings. The lowest BCUT2D eigenvalue weighted by Crippen LogP contribution is -2.21. The summed E-state index contributed by atoms with van der Waals surface area (Å²) >= 11 is 0. The normalized spacial score (nSPS) is 39.8. The number of hydrogen-bond acceptors (Lipinski definition) is 6. The van der Waals surface area contributed by atoms with Gasteiger partial charge in [-0.1, -0.05) is 0 Å². The van der Waals surface area contributed by atoms with E-state index in [0.29, 0.717) is 0 Å². The average molecular weight is 348 g/mol. The predicted octanol–water partition coefficient (Wildman–Crippen LogP) is 0.847. The van der Waals surface area contributed by atoms with E-state index in [9.17, 15) is 0 Å². The lowest BCUT2D eigenvalue weighted by Gasteiger charge is -2.20. The monoisotopic (exact) mass is 348 g/mol. The third kappa shape index (κ3) is 10.6. The van der Waals surface area contributed by atoms with Crippen molar-refractivity contribution in [3.63, 3.8) is 0 Å². The fourth-order valence-electron chi connectivity index (χ4n) is 3.17. The molecular formula is C18H36O6. The van der Waals surface area contributed by atoms with Crippen LogP contribution in [0.3, 0.4) is 0 Å². The van der Waals surface area contributed by atoms with E-state index < -0.39 is 0 Å². The van der Waals surface area contributed by atoms with E-state index in [-0.39, 0.29) is 36.6 Å². The molecule has 0 unspecified atom stereocenters. The SMILES string of the molecule is OC1CCC(O)CC1.OC1CCC(O)CC1.OC1CCC(O)CC1. The highest BCUT2D eigenvalue weighted by molar-refractivity contribution is 4.70. The Bertz CT molecular complexity index is 212. The van der Waals surface area contributed by atoms with Crippen LogP contribution in [-0.4, -0.2) is 67.3 Å². The molecule has 0 radical (unpaired) electrons. The van der Waals surface area contributed by atoms with Crippen molar-refractivity contribution >= 4 is 0 Å². The molecule has 0 atom stereocenters. The van der Waals surface area contributed by atoms with Gasteiger partial charge in [-0.05, 0) is 77.0 Å². The largest absolute Gasteiger partial charge is 0.393 e. The van der Waals surface area contributed by atoms with Gasteiger partial charge < -0.3 is 30.6 Å². The minimum absolute atomic E-state index is 0.140. The molecule has 0 spiro atoms. The van der Waals surface area contributed by atoms with E-state index in [1.54, 1.807) is 0 Å². The third-order valence-electron chi connectivity index (χ3n) is 5.00. The lowest BCUT2D eigenvalue weighted by atomic mass is 9.95. The van der Waals surface area contributed by atoms with Crippen LogP contribution in [0, 0.1) is 0 Å². The van der Waals surface area contributed by atoms with Gasteiger partial charge in [-0.3, -0.25) is 0 Å². The van der Waals surface area contributed by atoms with Gasteiger partial charge in [-0.25, -0.2) is 0 Å². The molecule has 6 N–H and O–H groups in total. The first-order chi connectivity index (χ1) is 11.4. The summed E-state index contributed by atoms with van der Waals surface area (Å²) < 4.78 is 0. The highest BCUT2D eigenvalue weighted by Gasteiger charge is 2.17. The predicted molar refractivity (Wildman–Crippen MR) is 91.4 cm³/mol. The van der Waals surface area contributed by atoms with E-state index in [1.807, 2.05) is 0 Å². The van der Waals surface area contributed by atoms with Crippen LogP contribution in [0.5, 0.6) is 0 Å². The van der Waals surface area contributed by atoms with Crippen LogP contribution in [-0.2, 0) is 0 Å². The van der Waals surface area contributed by atoms with Crippen LogP contribution < -0.4 is 0 Å². The van der Waals surface area contributed by atoms with Gasteiger partial charge in [0.05, 0.1) is 36.6 Å². The number of rotatable bonds is 0. The highest BCUT2D eigenvalue weighted by Crippen LogP contribution is 2.18. The Kier molecular flexibility index (Phi) is 11.1. The van der Waals surface area contributed by atoms with E-state index in [0.717, 1.165) is 77.0 Å². The summed E-state index contributed by atoms with van der Waals surface area (Å²) in [5, 5.41) is 53.5. The smallest absolute Gasteiger partial charge is 0.0542 e. The van der Waals surface area contributed by atoms with Crippen molar-refractivity contribution in [2.45, 2.75) is 114 Å². The lowest BCUT2D eigenvalue weighted by molar-refractivity contribution is 0.0541. The molecule has 3 aliphatic carbocycles. The van der Waals surface area contributed by atoms with Crippen molar-refractivity contribution in [3.05, 3.63) is 0 Å². The Morgan fingerprint density at radius 2 is 0.333 bits per heavy atom. The summed E-state index contributed by atoms with van der Waals surface area (Å²) in [5.74, 6) is 0. The summed E-state index contributed by atoms with van der Waals surface area (Å²) in [6.07, 6.45) is 8.50. The first kappa shape index (κ1) is 21.8. The molecule has 6 heteroatoms. The Morgan fingerprint density at radius 1 is 0.250 bits per heavy atom. The van der Waals surface area contributed by atoms with Crippen molar-refractivity contribution in [1.82, 2.24) is 0 Å². The Hall–Kier alpha value is -0.240. The zero-order chi connectivity index (χ0) is 17.9. The molecule has 0 bridgehead atoms. The quantitative estimate of drug-likeness (QED) is 0.386. The van der Waals surface area contributed by atoms with Gasteiger partial charge >= 0.3 is 0 Å². The summed E-state index contributed by atoms with van der Waals surface area (Å²) in [5.41, 5.74) is 0. The van der Waals surface area contributed by atoms with Crippen molar-refractivity contribution in [2.24, 2.45) is 0 Å². The Morgan fingerprint density at radius 3 is 0.417 bits per heavy atom. The van der Waals surface area contributed by atoms with Crippen molar-refractivity contribution in [1.29, 1.82) is 0 Å². The van der Waals surface area contributed by atoms with Gasteiger partial charge in [-0.15, -0.1) is 0 Å². The average Bonchev–Trinajstić information content (AvgIpc) is 2.57. The van der Waals surface area contributed by atoms with E-state index >= 15 is 0 Å². The van der Waals surface area contributed by atoms with Gasteiger partial charge in [0, 0.05) is 0 Å². The first-order valence-corrected chi connectivity index (χ1v) is 9.45. The first-order valence-electron chi connectivity index (χ1n) is 9.45. The van der Waals surface area contributed by atoms with Crippen LogP contribution in [0.1, 0.15) is 77.0 Å². The maximum Gasteiger partial charge on any atom is 0.0542 e. The Balaban J connectivity index is 0.000000180. The molecule has 3 rings (SSSR count). The maximum absolute atomic E-state index is 8.92. The minimum atomic E-state index is -0.140. The summed E-state index contributed by atoms with van der Waals surface area (Å²) in [7, 11) is 0. The minimum Gasteiger partial charge on any atom is -0.393 e. The highest BCUT2D eigenvalue weighted by atomic mass is 16.3. The van der Waals surface area contributed by atoms with Crippen LogP contribution in [0.25, 0.3) is 0 Å². The number of aliphatic hydroxyl groups is 6. The van der Waals surface area contributed by atoms with Crippen molar-refractivity contribution in [2.75, 3.05) is 0 Å². The number of hydrogen-bond donors (Lipinski definition) is 6. The third-order valence-corrected chi connectivity index (χ3v) is 5.00. The van der Waals surface area contributed by atoms with E-state index in [4.69, 9.17) is 30.6 Å². The maximum atomic E-state index is 8.92. The molecule has 24 heavy (non-hydrogen) atoms. The van der Waals surface area contributed by atoms with E-state index in [2.05, 4.69) is 0 Å². The van der Waals surface area contributed by atoms with Crippen molar-refractivity contribution < 1.29 is 30.6 Å². The molecule has 0 aromatic carbocycles. The second-order valence-corrected chi connectivity index (χ2v) is 7.39. The van der Waals surface area contributed by atoms with Crippen molar-refractivity contribution in [3.8, 4) is 0 Å². The summed E-state index contributed by atoms with van der Waals surface area (Å²) in [4.78, 5) is 0. The molecule has 0 heterocycles. The molecule has 0 aliphatic heterocycles.